The Balaban J connectivity index is 4.49. The van der Waals surface area contributed by atoms with Gasteiger partial charge in [0.15, 0.2) is 6.10 Å². The number of esters is 2. The van der Waals surface area contributed by atoms with Crippen LogP contribution in [0.15, 0.2) is 97.2 Å². The van der Waals surface area contributed by atoms with E-state index in [2.05, 4.69) is 103 Å². The van der Waals surface area contributed by atoms with Gasteiger partial charge >= 0.3 is 19.8 Å². The SMILES string of the molecule is CC/C=C/C/C=C/C/C=C/C/C=C/C/C=C/CCCC(=O)O[C@H](COC(=O)CCCCCCC/C=C/C/C=C/C/C=C/CC)COP(=O)(O)OC[C@@H](O)CO. The van der Waals surface area contributed by atoms with E-state index < -0.39 is 51.8 Å². The molecule has 3 atom stereocenters. The molecule has 0 heterocycles. The summed E-state index contributed by atoms with van der Waals surface area (Å²) in [6, 6.07) is 0. The van der Waals surface area contributed by atoms with Crippen molar-refractivity contribution in [2.45, 2.75) is 142 Å². The summed E-state index contributed by atoms with van der Waals surface area (Å²) in [5.41, 5.74) is 0. The highest BCUT2D eigenvalue weighted by atomic mass is 31.2. The van der Waals surface area contributed by atoms with Gasteiger partial charge in [-0.3, -0.25) is 18.6 Å². The topological polar surface area (TPSA) is 149 Å². The maximum Gasteiger partial charge on any atom is 0.472 e. The minimum absolute atomic E-state index is 0.0958. The van der Waals surface area contributed by atoms with Crippen LogP contribution in [0.5, 0.6) is 0 Å². The first-order valence-corrected chi connectivity index (χ1v) is 21.7. The molecule has 0 aliphatic heterocycles. The van der Waals surface area contributed by atoms with E-state index in [1.165, 1.54) is 0 Å². The van der Waals surface area contributed by atoms with Crippen LogP contribution in [0.1, 0.15) is 129 Å². The van der Waals surface area contributed by atoms with Crippen LogP contribution in [-0.4, -0.2) is 65.7 Å². The van der Waals surface area contributed by atoms with E-state index in [4.69, 9.17) is 19.1 Å². The minimum Gasteiger partial charge on any atom is -0.462 e. The molecular weight excluding hydrogens is 719 g/mol. The zero-order valence-electron chi connectivity index (χ0n) is 33.6. The number of unbranched alkanes of at least 4 members (excludes halogenated alkanes) is 6. The third-order valence-corrected chi connectivity index (χ3v) is 8.68. The Morgan fingerprint density at radius 1 is 0.545 bits per heavy atom. The number of carbonyl (C=O) groups excluding carboxylic acids is 2. The van der Waals surface area contributed by atoms with Gasteiger partial charge in [-0.15, -0.1) is 0 Å². The van der Waals surface area contributed by atoms with Gasteiger partial charge in [-0.1, -0.05) is 130 Å². The van der Waals surface area contributed by atoms with Gasteiger partial charge in [0.1, 0.15) is 12.7 Å². The van der Waals surface area contributed by atoms with Crippen molar-refractivity contribution >= 4 is 19.8 Å². The maximum absolute atomic E-state index is 12.6. The molecule has 0 aromatic heterocycles. The second kappa shape index (κ2) is 39.1. The van der Waals surface area contributed by atoms with Crippen molar-refractivity contribution < 1.29 is 47.8 Å². The molecule has 0 bridgehead atoms. The quantitative estimate of drug-likeness (QED) is 0.0242. The smallest absolute Gasteiger partial charge is 0.462 e. The van der Waals surface area contributed by atoms with Crippen LogP contribution < -0.4 is 0 Å². The van der Waals surface area contributed by atoms with E-state index in [9.17, 15) is 24.2 Å². The van der Waals surface area contributed by atoms with E-state index >= 15 is 0 Å². The van der Waals surface area contributed by atoms with Gasteiger partial charge in [0.25, 0.3) is 0 Å². The molecule has 0 saturated heterocycles. The fourth-order valence-corrected chi connectivity index (χ4v) is 5.48. The number of carbonyl (C=O) groups is 2. The largest absolute Gasteiger partial charge is 0.472 e. The molecule has 0 spiro atoms. The summed E-state index contributed by atoms with van der Waals surface area (Å²) in [6.45, 7) is 2.03. The van der Waals surface area contributed by atoms with Gasteiger partial charge in [-0.25, -0.2) is 4.57 Å². The third-order valence-electron chi connectivity index (χ3n) is 7.73. The number of ether oxygens (including phenoxy) is 2. The average molecular weight is 791 g/mol. The standard InChI is InChI=1S/C44H71O10P/c1-3-5-7-9-11-13-15-17-19-20-22-24-26-28-30-32-34-36-44(48)54-42(40-53-55(49,50)52-38-41(46)37-45)39-51-43(47)35-33-31-29-27-25-23-21-18-16-14-12-10-8-6-4-2/h5-8,11-14,17-19,21-22,24,28,30,41-42,45-46H,3-4,9-10,15-16,20,23,25-27,29,31-40H2,1-2H3,(H,49,50)/b7-5+,8-6+,13-11+,14-12+,19-17+,21-18+,24-22+,30-28+/t41-,42+/m0/s1. The molecule has 0 aromatic rings. The lowest BCUT2D eigenvalue weighted by Crippen LogP contribution is -2.29. The highest BCUT2D eigenvalue weighted by Gasteiger charge is 2.27. The summed E-state index contributed by atoms with van der Waals surface area (Å²) in [5, 5.41) is 18.3. The normalized spacial score (nSPS) is 14.9. The lowest BCUT2D eigenvalue weighted by molar-refractivity contribution is -0.161. The molecule has 0 radical (unpaired) electrons. The molecule has 0 saturated carbocycles. The molecule has 55 heavy (non-hydrogen) atoms. The number of phosphoric ester groups is 1. The van der Waals surface area contributed by atoms with Crippen LogP contribution in [0.25, 0.3) is 0 Å². The Hall–Kier alpha value is -3.11. The second-order valence-electron chi connectivity index (χ2n) is 12.9. The first-order chi connectivity index (χ1) is 26.7. The first-order valence-electron chi connectivity index (χ1n) is 20.2. The molecular formula is C44H71O10P. The average Bonchev–Trinajstić information content (AvgIpc) is 3.17. The maximum atomic E-state index is 12.6. The molecule has 11 heteroatoms. The Kier molecular flexibility index (Phi) is 36.9. The Labute approximate surface area is 332 Å². The van der Waals surface area contributed by atoms with Crippen molar-refractivity contribution in [2.24, 2.45) is 0 Å². The van der Waals surface area contributed by atoms with Gasteiger partial charge in [-0.2, -0.15) is 0 Å². The molecule has 0 aromatic carbocycles. The Morgan fingerprint density at radius 3 is 1.47 bits per heavy atom. The lowest BCUT2D eigenvalue weighted by atomic mass is 10.1. The molecule has 0 rings (SSSR count). The highest BCUT2D eigenvalue weighted by Crippen LogP contribution is 2.43. The molecule has 312 valence electrons. The number of aliphatic hydroxyl groups excluding tert-OH is 2. The second-order valence-corrected chi connectivity index (χ2v) is 14.3. The van der Waals surface area contributed by atoms with Crippen molar-refractivity contribution in [3.63, 3.8) is 0 Å². The number of phosphoric acid groups is 1. The van der Waals surface area contributed by atoms with E-state index in [0.29, 0.717) is 19.3 Å². The molecule has 1 unspecified atom stereocenters. The number of rotatable bonds is 36. The molecule has 0 aliphatic rings. The van der Waals surface area contributed by atoms with Crippen molar-refractivity contribution in [3.05, 3.63) is 97.2 Å². The van der Waals surface area contributed by atoms with Crippen molar-refractivity contribution in [1.29, 1.82) is 0 Å². The monoisotopic (exact) mass is 790 g/mol. The highest BCUT2D eigenvalue weighted by molar-refractivity contribution is 7.47. The molecule has 0 amide bonds. The van der Waals surface area contributed by atoms with Crippen LogP contribution in [0.3, 0.4) is 0 Å². The fourth-order valence-electron chi connectivity index (χ4n) is 4.69. The van der Waals surface area contributed by atoms with Crippen molar-refractivity contribution in [1.82, 2.24) is 0 Å². The van der Waals surface area contributed by atoms with E-state index in [-0.39, 0.29) is 19.4 Å². The summed E-state index contributed by atoms with van der Waals surface area (Å²) in [6.07, 6.45) is 46.7. The number of hydrogen-bond donors (Lipinski definition) is 3. The summed E-state index contributed by atoms with van der Waals surface area (Å²) >= 11 is 0. The summed E-state index contributed by atoms with van der Waals surface area (Å²) in [5.74, 6) is -1.03. The number of allylic oxidation sites excluding steroid dienone is 16. The molecule has 0 aliphatic carbocycles. The zero-order chi connectivity index (χ0) is 40.5. The number of aliphatic hydroxyl groups is 2. The summed E-state index contributed by atoms with van der Waals surface area (Å²) in [7, 11) is -4.64. The minimum atomic E-state index is -4.64. The summed E-state index contributed by atoms with van der Waals surface area (Å²) < 4.78 is 32.6. The predicted molar refractivity (Wildman–Crippen MR) is 223 cm³/mol. The van der Waals surface area contributed by atoms with Crippen LogP contribution >= 0.6 is 7.82 Å². The predicted octanol–water partition coefficient (Wildman–Crippen LogP) is 10.4. The molecule has 10 nitrogen and oxygen atoms in total. The zero-order valence-corrected chi connectivity index (χ0v) is 34.5. The van der Waals surface area contributed by atoms with Gasteiger partial charge < -0.3 is 24.6 Å². The van der Waals surface area contributed by atoms with E-state index in [0.717, 1.165) is 83.5 Å². The third kappa shape index (κ3) is 38.9. The van der Waals surface area contributed by atoms with Crippen LogP contribution in [-0.2, 0) is 32.7 Å². The van der Waals surface area contributed by atoms with Crippen LogP contribution in [0.4, 0.5) is 0 Å². The van der Waals surface area contributed by atoms with Crippen LogP contribution in [0.2, 0.25) is 0 Å². The Bertz CT molecular complexity index is 1230. The number of hydrogen-bond acceptors (Lipinski definition) is 9. The molecule has 3 N–H and O–H groups in total. The lowest BCUT2D eigenvalue weighted by Gasteiger charge is -2.20. The van der Waals surface area contributed by atoms with Gasteiger partial charge in [-0.05, 0) is 83.5 Å². The van der Waals surface area contributed by atoms with Crippen LogP contribution in [0, 0.1) is 0 Å². The fraction of sp³-hybridized carbons (Fsp3) is 0.591. The van der Waals surface area contributed by atoms with E-state index in [1.807, 2.05) is 12.2 Å². The van der Waals surface area contributed by atoms with E-state index in [1.54, 1.807) is 0 Å². The van der Waals surface area contributed by atoms with Crippen molar-refractivity contribution in [3.8, 4) is 0 Å². The molecule has 0 fully saturated rings. The van der Waals surface area contributed by atoms with Gasteiger partial charge in [0.05, 0.1) is 19.8 Å². The van der Waals surface area contributed by atoms with Gasteiger partial charge in [0.2, 0.25) is 0 Å². The Morgan fingerprint density at radius 2 is 0.964 bits per heavy atom. The first kappa shape index (κ1) is 51.9. The van der Waals surface area contributed by atoms with Crippen molar-refractivity contribution in [2.75, 3.05) is 26.4 Å². The summed E-state index contributed by atoms with van der Waals surface area (Å²) in [4.78, 5) is 34.9. The van der Waals surface area contributed by atoms with Gasteiger partial charge in [0, 0.05) is 12.8 Å².